The molecule has 0 radical (unpaired) electrons. The number of hydrogen-bond donors (Lipinski definition) is 2. The number of carbonyl (C=O) groups excluding carboxylic acids is 1. The summed E-state index contributed by atoms with van der Waals surface area (Å²) < 4.78 is 40.0. The average Bonchev–Trinajstić information content (AvgIpc) is 2.83. The monoisotopic (exact) mass is 314 g/mol. The summed E-state index contributed by atoms with van der Waals surface area (Å²) in [5.41, 5.74) is 0.256. The van der Waals surface area contributed by atoms with E-state index in [2.05, 4.69) is 10.0 Å². The third-order valence-electron chi connectivity index (χ3n) is 2.33. The summed E-state index contributed by atoms with van der Waals surface area (Å²) in [5.74, 6) is -1.18. The number of amides is 1. The summed E-state index contributed by atoms with van der Waals surface area (Å²) in [6.07, 6.45) is 0. The summed E-state index contributed by atoms with van der Waals surface area (Å²) in [4.78, 5) is 10.8. The fourth-order valence-corrected chi connectivity index (χ4v) is 3.23. The molecule has 0 spiro atoms. The van der Waals surface area contributed by atoms with Gasteiger partial charge in [0.15, 0.2) is 0 Å². The fraction of sp³-hybridized carbons (Fsp3) is 0.0833. The van der Waals surface area contributed by atoms with E-state index in [1.165, 1.54) is 18.3 Å². The first-order valence-electron chi connectivity index (χ1n) is 5.50. The standard InChI is InChI=1S/C12H11FN2O3S2/c1-8(16)14-12-6-10(2-3-11(12)13)20(17,18)15-9-4-5-19-7-9/h2-7,15H,1H3,(H,14,16). The number of carbonyl (C=O) groups is 1. The Morgan fingerprint density at radius 1 is 1.30 bits per heavy atom. The van der Waals surface area contributed by atoms with E-state index >= 15 is 0 Å². The molecule has 106 valence electrons. The normalized spacial score (nSPS) is 11.1. The Labute approximate surface area is 119 Å². The highest BCUT2D eigenvalue weighted by molar-refractivity contribution is 7.92. The van der Waals surface area contributed by atoms with Gasteiger partial charge in [0.1, 0.15) is 5.82 Å². The molecule has 2 N–H and O–H groups in total. The Hall–Kier alpha value is -1.93. The smallest absolute Gasteiger partial charge is 0.261 e. The first-order valence-corrected chi connectivity index (χ1v) is 7.93. The molecule has 1 amide bonds. The van der Waals surface area contributed by atoms with Crippen LogP contribution in [0, 0.1) is 5.82 Å². The van der Waals surface area contributed by atoms with Crippen molar-refractivity contribution in [2.75, 3.05) is 10.0 Å². The maximum absolute atomic E-state index is 13.5. The van der Waals surface area contributed by atoms with Crippen LogP contribution in [-0.4, -0.2) is 14.3 Å². The van der Waals surface area contributed by atoms with Crippen LogP contribution in [0.15, 0.2) is 39.9 Å². The maximum atomic E-state index is 13.5. The van der Waals surface area contributed by atoms with Gasteiger partial charge in [-0.25, -0.2) is 12.8 Å². The van der Waals surface area contributed by atoms with Crippen molar-refractivity contribution < 1.29 is 17.6 Å². The number of thiophene rings is 1. The van der Waals surface area contributed by atoms with Crippen LogP contribution in [0.25, 0.3) is 0 Å². The number of nitrogens with one attached hydrogen (secondary N) is 2. The number of benzene rings is 1. The highest BCUT2D eigenvalue weighted by Crippen LogP contribution is 2.22. The van der Waals surface area contributed by atoms with E-state index in [9.17, 15) is 17.6 Å². The second-order valence-corrected chi connectivity index (χ2v) is 6.40. The lowest BCUT2D eigenvalue weighted by atomic mass is 10.3. The molecule has 0 saturated carbocycles. The van der Waals surface area contributed by atoms with Crippen molar-refractivity contribution in [3.8, 4) is 0 Å². The Morgan fingerprint density at radius 3 is 2.65 bits per heavy atom. The van der Waals surface area contributed by atoms with Crippen LogP contribution < -0.4 is 10.0 Å². The predicted octanol–water partition coefficient (Wildman–Crippen LogP) is 2.65. The van der Waals surface area contributed by atoms with Crippen LogP contribution in [0.3, 0.4) is 0 Å². The lowest BCUT2D eigenvalue weighted by molar-refractivity contribution is -0.114. The van der Waals surface area contributed by atoms with Crippen molar-refractivity contribution in [2.45, 2.75) is 11.8 Å². The molecule has 0 unspecified atom stereocenters. The second-order valence-electron chi connectivity index (χ2n) is 3.94. The largest absolute Gasteiger partial charge is 0.324 e. The highest BCUT2D eigenvalue weighted by atomic mass is 32.2. The summed E-state index contributed by atoms with van der Waals surface area (Å²) in [7, 11) is -3.82. The number of rotatable bonds is 4. The van der Waals surface area contributed by atoms with Crippen LogP contribution in [0.4, 0.5) is 15.8 Å². The zero-order valence-electron chi connectivity index (χ0n) is 10.4. The van der Waals surface area contributed by atoms with Crippen LogP contribution in [-0.2, 0) is 14.8 Å². The summed E-state index contributed by atoms with van der Waals surface area (Å²) >= 11 is 1.35. The number of hydrogen-bond acceptors (Lipinski definition) is 4. The zero-order chi connectivity index (χ0) is 14.8. The Bertz CT molecular complexity index is 727. The number of sulfonamides is 1. The van der Waals surface area contributed by atoms with Crippen LogP contribution >= 0.6 is 11.3 Å². The summed E-state index contributed by atoms with van der Waals surface area (Å²) in [5, 5.41) is 5.60. The van der Waals surface area contributed by atoms with Gasteiger partial charge < -0.3 is 5.32 Å². The topological polar surface area (TPSA) is 75.3 Å². The van der Waals surface area contributed by atoms with Crippen molar-refractivity contribution >= 4 is 38.6 Å². The summed E-state index contributed by atoms with van der Waals surface area (Å²) in [6.45, 7) is 1.21. The third kappa shape index (κ3) is 3.34. The van der Waals surface area contributed by atoms with Gasteiger partial charge >= 0.3 is 0 Å². The minimum atomic E-state index is -3.82. The zero-order valence-corrected chi connectivity index (χ0v) is 12.0. The van der Waals surface area contributed by atoms with Gasteiger partial charge in [-0.3, -0.25) is 9.52 Å². The molecule has 0 fully saturated rings. The molecule has 0 aliphatic carbocycles. The van der Waals surface area contributed by atoms with Crippen molar-refractivity contribution in [3.63, 3.8) is 0 Å². The molecule has 1 heterocycles. The van der Waals surface area contributed by atoms with E-state index in [4.69, 9.17) is 0 Å². The van der Waals surface area contributed by atoms with Crippen molar-refractivity contribution in [1.82, 2.24) is 0 Å². The van der Waals surface area contributed by atoms with E-state index in [0.717, 1.165) is 18.2 Å². The summed E-state index contributed by atoms with van der Waals surface area (Å²) in [6, 6.07) is 4.81. The van der Waals surface area contributed by atoms with Gasteiger partial charge in [-0.15, -0.1) is 0 Å². The fourth-order valence-electron chi connectivity index (χ4n) is 1.49. The van der Waals surface area contributed by atoms with Crippen LogP contribution in [0.2, 0.25) is 0 Å². The molecule has 20 heavy (non-hydrogen) atoms. The van der Waals surface area contributed by atoms with E-state index < -0.39 is 21.7 Å². The lowest BCUT2D eigenvalue weighted by Crippen LogP contribution is -2.14. The van der Waals surface area contributed by atoms with Crippen molar-refractivity contribution in [2.24, 2.45) is 0 Å². The Balaban J connectivity index is 2.34. The van der Waals surface area contributed by atoms with Gasteiger partial charge in [0.05, 0.1) is 16.3 Å². The molecule has 0 atom stereocenters. The van der Waals surface area contributed by atoms with Crippen LogP contribution in [0.5, 0.6) is 0 Å². The van der Waals surface area contributed by atoms with Gasteiger partial charge in [0, 0.05) is 12.3 Å². The Kier molecular flexibility index (Phi) is 4.05. The highest BCUT2D eigenvalue weighted by Gasteiger charge is 2.17. The van der Waals surface area contributed by atoms with Gasteiger partial charge in [-0.1, -0.05) is 0 Å². The molecule has 2 aromatic rings. The molecular weight excluding hydrogens is 303 g/mol. The van der Waals surface area contributed by atoms with Gasteiger partial charge in [0.25, 0.3) is 10.0 Å². The predicted molar refractivity (Wildman–Crippen MR) is 75.8 cm³/mol. The molecule has 2 rings (SSSR count). The van der Waals surface area contributed by atoms with Crippen molar-refractivity contribution in [3.05, 3.63) is 40.8 Å². The van der Waals surface area contributed by atoms with E-state index in [1.807, 2.05) is 0 Å². The number of anilines is 2. The maximum Gasteiger partial charge on any atom is 0.261 e. The molecule has 1 aromatic heterocycles. The first kappa shape index (κ1) is 14.5. The minimum absolute atomic E-state index is 0.131. The average molecular weight is 314 g/mol. The molecule has 8 heteroatoms. The van der Waals surface area contributed by atoms with Gasteiger partial charge in [-0.2, -0.15) is 11.3 Å². The molecule has 0 aliphatic heterocycles. The number of halogens is 1. The van der Waals surface area contributed by atoms with E-state index in [1.54, 1.807) is 16.8 Å². The molecule has 0 bridgehead atoms. The minimum Gasteiger partial charge on any atom is -0.324 e. The first-order chi connectivity index (χ1) is 9.38. The SMILES string of the molecule is CC(=O)Nc1cc(S(=O)(=O)Nc2ccsc2)ccc1F. The molecule has 1 aromatic carbocycles. The molecule has 0 aliphatic rings. The van der Waals surface area contributed by atoms with E-state index in [-0.39, 0.29) is 10.6 Å². The van der Waals surface area contributed by atoms with Gasteiger partial charge in [-0.05, 0) is 29.6 Å². The third-order valence-corrected chi connectivity index (χ3v) is 4.39. The van der Waals surface area contributed by atoms with Crippen LogP contribution in [0.1, 0.15) is 6.92 Å². The lowest BCUT2D eigenvalue weighted by Gasteiger charge is -2.09. The Morgan fingerprint density at radius 2 is 2.05 bits per heavy atom. The van der Waals surface area contributed by atoms with Crippen molar-refractivity contribution in [1.29, 1.82) is 0 Å². The van der Waals surface area contributed by atoms with Gasteiger partial charge in [0.2, 0.25) is 5.91 Å². The second kappa shape index (κ2) is 5.59. The molecule has 0 saturated heterocycles. The molecule has 5 nitrogen and oxygen atoms in total. The quantitative estimate of drug-likeness (QED) is 0.911. The van der Waals surface area contributed by atoms with E-state index in [0.29, 0.717) is 5.69 Å². The molecular formula is C12H11FN2O3S2.